The predicted octanol–water partition coefficient (Wildman–Crippen LogP) is 4.73. The van der Waals surface area contributed by atoms with Crippen molar-refractivity contribution in [1.29, 1.82) is 0 Å². The van der Waals surface area contributed by atoms with E-state index in [-0.39, 0.29) is 17.0 Å². The molecule has 0 aliphatic carbocycles. The lowest BCUT2D eigenvalue weighted by Crippen LogP contribution is -2.32. The normalized spacial score (nSPS) is 11.4. The second kappa shape index (κ2) is 8.34. The minimum absolute atomic E-state index is 0.0267. The molecule has 6 nitrogen and oxygen atoms in total. The van der Waals surface area contributed by atoms with Crippen molar-refractivity contribution in [2.45, 2.75) is 32.1 Å². The minimum atomic E-state index is -3.95. The number of rotatable bonds is 7. The maximum atomic E-state index is 13.3. The fraction of sp³-hybridized carbons (Fsp3) is 0.238. The van der Waals surface area contributed by atoms with Crippen molar-refractivity contribution < 1.29 is 18.3 Å². The van der Waals surface area contributed by atoms with Crippen molar-refractivity contribution in [3.05, 3.63) is 64.5 Å². The molecule has 2 aromatic carbocycles. The predicted molar refractivity (Wildman–Crippen MR) is 115 cm³/mol. The summed E-state index contributed by atoms with van der Waals surface area (Å²) in [6.45, 7) is 5.76. The topological polar surface area (TPSA) is 87.6 Å². The zero-order valence-corrected chi connectivity index (χ0v) is 18.0. The monoisotopic (exact) mass is 430 g/mol. The van der Waals surface area contributed by atoms with E-state index in [9.17, 15) is 18.3 Å². The van der Waals surface area contributed by atoms with Crippen LogP contribution in [0.2, 0.25) is 0 Å². The first-order valence-corrected chi connectivity index (χ1v) is 11.4. The number of carboxylic acids is 1. The molecule has 0 radical (unpaired) electrons. The van der Waals surface area contributed by atoms with Gasteiger partial charge in [0.15, 0.2) is 5.82 Å². The highest BCUT2D eigenvalue weighted by molar-refractivity contribution is 7.92. The zero-order valence-electron chi connectivity index (χ0n) is 16.4. The molecule has 3 aromatic rings. The number of hydrogen-bond donors (Lipinski definition) is 1. The average Bonchev–Trinajstić information content (AvgIpc) is 3.16. The van der Waals surface area contributed by atoms with Crippen LogP contribution in [0.5, 0.6) is 0 Å². The van der Waals surface area contributed by atoms with Gasteiger partial charge in [0.2, 0.25) is 0 Å². The van der Waals surface area contributed by atoms with Gasteiger partial charge in [-0.3, -0.25) is 0 Å². The van der Waals surface area contributed by atoms with Crippen molar-refractivity contribution >= 4 is 33.1 Å². The van der Waals surface area contributed by atoms with E-state index in [2.05, 4.69) is 4.98 Å². The molecule has 0 unspecified atom stereocenters. The van der Waals surface area contributed by atoms with Gasteiger partial charge in [0, 0.05) is 17.5 Å². The van der Waals surface area contributed by atoms with E-state index < -0.39 is 16.0 Å². The molecule has 152 valence electrons. The van der Waals surface area contributed by atoms with Crippen molar-refractivity contribution in [2.75, 3.05) is 10.8 Å². The van der Waals surface area contributed by atoms with Crippen LogP contribution in [-0.2, 0) is 10.0 Å². The van der Waals surface area contributed by atoms with Crippen LogP contribution in [0.3, 0.4) is 0 Å². The molecule has 0 saturated heterocycles. The van der Waals surface area contributed by atoms with Crippen LogP contribution in [0.4, 0.5) is 5.82 Å². The first-order valence-electron chi connectivity index (χ1n) is 9.13. The van der Waals surface area contributed by atoms with E-state index in [0.29, 0.717) is 17.8 Å². The fourth-order valence-corrected chi connectivity index (χ4v) is 5.29. The molecular formula is C21H22N2O4S2. The first kappa shape index (κ1) is 21.0. The Bertz CT molecular complexity index is 1140. The lowest BCUT2D eigenvalue weighted by molar-refractivity contribution is 0.0696. The van der Waals surface area contributed by atoms with Gasteiger partial charge in [0.25, 0.3) is 10.0 Å². The average molecular weight is 431 g/mol. The number of benzene rings is 2. The number of carbonyl (C=O) groups is 1. The minimum Gasteiger partial charge on any atom is -0.478 e. The summed E-state index contributed by atoms with van der Waals surface area (Å²) < 4.78 is 27.8. The Morgan fingerprint density at radius 1 is 1.14 bits per heavy atom. The molecule has 1 N–H and O–H groups in total. The van der Waals surface area contributed by atoms with E-state index in [1.54, 1.807) is 12.3 Å². The summed E-state index contributed by atoms with van der Waals surface area (Å²) in [5.41, 5.74) is 2.54. The second-order valence-electron chi connectivity index (χ2n) is 6.74. The molecule has 0 saturated carbocycles. The molecule has 0 amide bonds. The molecule has 0 bridgehead atoms. The molecule has 0 fully saturated rings. The highest BCUT2D eigenvalue weighted by atomic mass is 32.2. The van der Waals surface area contributed by atoms with Gasteiger partial charge < -0.3 is 5.11 Å². The van der Waals surface area contributed by atoms with Gasteiger partial charge in [-0.25, -0.2) is 22.5 Å². The number of nitrogens with zero attached hydrogens (tertiary/aromatic N) is 2. The van der Waals surface area contributed by atoms with Crippen LogP contribution in [0.25, 0.3) is 10.6 Å². The molecular weight excluding hydrogens is 408 g/mol. The van der Waals surface area contributed by atoms with E-state index >= 15 is 0 Å². The Balaban J connectivity index is 2.02. The Kier molecular flexibility index (Phi) is 6.04. The summed E-state index contributed by atoms with van der Waals surface area (Å²) in [6.07, 6.45) is 0.592. The molecule has 29 heavy (non-hydrogen) atoms. The number of aromatic nitrogens is 1. The summed E-state index contributed by atoms with van der Waals surface area (Å²) in [6, 6.07) is 12.0. The Hall–Kier alpha value is -2.71. The first-order chi connectivity index (χ1) is 13.7. The van der Waals surface area contributed by atoms with Crippen LogP contribution >= 0.6 is 11.3 Å². The second-order valence-corrected chi connectivity index (χ2v) is 9.46. The number of aromatic carboxylic acids is 1. The Morgan fingerprint density at radius 3 is 2.45 bits per heavy atom. The molecule has 0 atom stereocenters. The Labute approximate surface area is 174 Å². The van der Waals surface area contributed by atoms with Crippen molar-refractivity contribution in [1.82, 2.24) is 4.98 Å². The van der Waals surface area contributed by atoms with Crippen molar-refractivity contribution in [3.8, 4) is 10.6 Å². The number of aryl methyl sites for hydroxylation is 2. The van der Waals surface area contributed by atoms with Crippen molar-refractivity contribution in [2.24, 2.45) is 0 Å². The van der Waals surface area contributed by atoms with Crippen LogP contribution in [0.15, 0.2) is 52.7 Å². The van der Waals surface area contributed by atoms with Crippen LogP contribution < -0.4 is 4.31 Å². The molecule has 1 heterocycles. The standard InChI is InChI=1S/C21H22N2O4S2/c1-4-11-23(19-13-28-20(22-19)16-8-5-14(2)6-9-16)29(26,27)17-10-7-15(3)18(12-17)21(24)25/h5-10,12-13H,4,11H2,1-3H3,(H,24,25). The smallest absolute Gasteiger partial charge is 0.335 e. The lowest BCUT2D eigenvalue weighted by Gasteiger charge is -2.22. The summed E-state index contributed by atoms with van der Waals surface area (Å²) in [7, 11) is -3.95. The highest BCUT2D eigenvalue weighted by Crippen LogP contribution is 2.31. The van der Waals surface area contributed by atoms with Gasteiger partial charge in [0.05, 0.1) is 10.5 Å². The van der Waals surface area contributed by atoms with Gasteiger partial charge in [-0.15, -0.1) is 11.3 Å². The van der Waals surface area contributed by atoms with Crippen LogP contribution in [-0.4, -0.2) is 31.0 Å². The summed E-state index contributed by atoms with van der Waals surface area (Å²) in [4.78, 5) is 15.9. The maximum absolute atomic E-state index is 13.3. The highest BCUT2D eigenvalue weighted by Gasteiger charge is 2.27. The van der Waals surface area contributed by atoms with Gasteiger partial charge in [-0.1, -0.05) is 42.8 Å². The Morgan fingerprint density at radius 2 is 1.83 bits per heavy atom. The molecule has 8 heteroatoms. The number of carboxylic acid groups (broad SMARTS) is 1. The molecule has 0 aliphatic heterocycles. The lowest BCUT2D eigenvalue weighted by atomic mass is 10.1. The number of anilines is 1. The van der Waals surface area contributed by atoms with Gasteiger partial charge >= 0.3 is 5.97 Å². The van der Waals surface area contributed by atoms with Gasteiger partial charge in [0.1, 0.15) is 5.01 Å². The third kappa shape index (κ3) is 4.33. The van der Waals surface area contributed by atoms with E-state index in [4.69, 9.17) is 0 Å². The molecule has 0 spiro atoms. The zero-order chi connectivity index (χ0) is 21.2. The third-order valence-electron chi connectivity index (χ3n) is 4.50. The molecule has 0 aliphatic rings. The summed E-state index contributed by atoms with van der Waals surface area (Å²) in [5.74, 6) is -0.818. The van der Waals surface area contributed by atoms with E-state index in [1.165, 1.54) is 33.8 Å². The summed E-state index contributed by atoms with van der Waals surface area (Å²) >= 11 is 1.37. The maximum Gasteiger partial charge on any atom is 0.335 e. The largest absolute Gasteiger partial charge is 0.478 e. The molecule has 1 aromatic heterocycles. The van der Waals surface area contributed by atoms with Gasteiger partial charge in [-0.2, -0.15) is 0 Å². The van der Waals surface area contributed by atoms with Crippen LogP contribution in [0, 0.1) is 13.8 Å². The molecule has 3 rings (SSSR count). The van der Waals surface area contributed by atoms with Crippen LogP contribution in [0.1, 0.15) is 34.8 Å². The summed E-state index contributed by atoms with van der Waals surface area (Å²) in [5, 5.41) is 11.8. The fourth-order valence-electron chi connectivity index (χ4n) is 2.89. The van der Waals surface area contributed by atoms with E-state index in [0.717, 1.165) is 16.1 Å². The number of sulfonamides is 1. The van der Waals surface area contributed by atoms with Gasteiger partial charge in [-0.05, 0) is 38.0 Å². The number of hydrogen-bond acceptors (Lipinski definition) is 5. The SMILES string of the molecule is CCCN(c1csc(-c2ccc(C)cc2)n1)S(=O)(=O)c1ccc(C)c(C(=O)O)c1. The third-order valence-corrected chi connectivity index (χ3v) is 7.18. The van der Waals surface area contributed by atoms with Crippen molar-refractivity contribution in [3.63, 3.8) is 0 Å². The van der Waals surface area contributed by atoms with E-state index in [1.807, 2.05) is 38.1 Å². The quantitative estimate of drug-likeness (QED) is 0.585. The number of thiazole rings is 1.